The van der Waals surface area contributed by atoms with E-state index in [2.05, 4.69) is 10.4 Å². The first-order valence-electron chi connectivity index (χ1n) is 6.51. The second-order valence-electron chi connectivity index (χ2n) is 5.10. The van der Waals surface area contributed by atoms with Crippen LogP contribution in [0.25, 0.3) is 11.3 Å². The van der Waals surface area contributed by atoms with Crippen LogP contribution in [0, 0.1) is 5.92 Å². The van der Waals surface area contributed by atoms with Gasteiger partial charge in [0.25, 0.3) is 5.91 Å². The smallest absolute Gasteiger partial charge is 0.326 e. The van der Waals surface area contributed by atoms with E-state index in [1.807, 2.05) is 0 Å². The van der Waals surface area contributed by atoms with E-state index in [1.54, 1.807) is 44.0 Å². The van der Waals surface area contributed by atoms with Crippen LogP contribution in [0.1, 0.15) is 24.4 Å². The van der Waals surface area contributed by atoms with Gasteiger partial charge in [0.2, 0.25) is 0 Å². The number of carboxylic acid groups (broad SMARTS) is 1. The number of aromatic nitrogens is 2. The Hall–Kier alpha value is -2.57. The van der Waals surface area contributed by atoms with Crippen LogP contribution in [0.5, 0.6) is 0 Å². The lowest BCUT2D eigenvalue weighted by Crippen LogP contribution is -2.44. The minimum Gasteiger partial charge on any atom is -0.480 e. The van der Waals surface area contributed by atoms with E-state index in [-0.39, 0.29) is 11.7 Å². The summed E-state index contributed by atoms with van der Waals surface area (Å²) in [6.07, 6.45) is 3.38. The van der Waals surface area contributed by atoms with Crippen molar-refractivity contribution >= 4 is 11.9 Å². The number of aliphatic carboxylic acids is 1. The molecule has 0 saturated carbocycles. The molecule has 0 aliphatic heterocycles. The number of carbonyl (C=O) groups is 2. The number of rotatable bonds is 5. The number of carbonyl (C=O) groups excluding carboxylic acids is 1. The number of hydrogen-bond acceptors (Lipinski definition) is 4. The molecular formula is C14H17N3O4. The van der Waals surface area contributed by atoms with E-state index in [1.165, 1.54) is 6.07 Å². The predicted octanol–water partition coefficient (Wildman–Crippen LogP) is 1.52. The maximum Gasteiger partial charge on any atom is 0.326 e. The summed E-state index contributed by atoms with van der Waals surface area (Å²) in [5.41, 5.74) is 0.746. The molecule has 21 heavy (non-hydrogen) atoms. The van der Waals surface area contributed by atoms with Gasteiger partial charge < -0.3 is 14.8 Å². The molecule has 1 atom stereocenters. The standard InChI is InChI=1S/C14H17N3O4/c1-8(2)12(14(19)20)16-13(18)11-5-4-10(21-11)9-6-15-17(3)7-9/h4-8,12H,1-3H3,(H,16,18)(H,19,20)/t12-/m0/s1. The molecule has 0 spiro atoms. The summed E-state index contributed by atoms with van der Waals surface area (Å²) in [6.45, 7) is 3.45. The topological polar surface area (TPSA) is 97.4 Å². The third-order valence-corrected chi connectivity index (χ3v) is 3.04. The molecule has 0 saturated heterocycles. The van der Waals surface area contributed by atoms with E-state index < -0.39 is 17.9 Å². The first kappa shape index (κ1) is 14.8. The van der Waals surface area contributed by atoms with E-state index >= 15 is 0 Å². The molecule has 2 aromatic heterocycles. The largest absolute Gasteiger partial charge is 0.480 e. The molecule has 0 fully saturated rings. The zero-order valence-electron chi connectivity index (χ0n) is 12.0. The predicted molar refractivity (Wildman–Crippen MR) is 74.6 cm³/mol. The SMILES string of the molecule is CC(C)[C@H](NC(=O)c1ccc(-c2cnn(C)c2)o1)C(=O)O. The van der Waals surface area contributed by atoms with Crippen molar-refractivity contribution in [2.45, 2.75) is 19.9 Å². The van der Waals surface area contributed by atoms with Gasteiger partial charge in [-0.3, -0.25) is 9.48 Å². The Bertz CT molecular complexity index is 657. The molecule has 0 aromatic carbocycles. The Balaban J connectivity index is 2.14. The summed E-state index contributed by atoms with van der Waals surface area (Å²) in [5.74, 6) is -1.27. The fourth-order valence-electron chi connectivity index (χ4n) is 1.89. The first-order valence-corrected chi connectivity index (χ1v) is 6.51. The maximum atomic E-state index is 12.0. The third-order valence-electron chi connectivity index (χ3n) is 3.04. The summed E-state index contributed by atoms with van der Waals surface area (Å²) < 4.78 is 7.07. The minimum absolute atomic E-state index is 0.0701. The van der Waals surface area contributed by atoms with Gasteiger partial charge in [0.1, 0.15) is 11.8 Å². The molecule has 1 amide bonds. The second-order valence-corrected chi connectivity index (χ2v) is 5.10. The summed E-state index contributed by atoms with van der Waals surface area (Å²) in [5, 5.41) is 15.5. The van der Waals surface area contributed by atoms with Gasteiger partial charge in [-0.25, -0.2) is 4.79 Å². The zero-order valence-corrected chi connectivity index (χ0v) is 12.0. The second kappa shape index (κ2) is 5.82. The van der Waals surface area contributed by atoms with Crippen molar-refractivity contribution in [3.05, 3.63) is 30.3 Å². The molecule has 2 aromatic rings. The van der Waals surface area contributed by atoms with Crippen LogP contribution in [0.3, 0.4) is 0 Å². The number of amides is 1. The molecule has 0 radical (unpaired) electrons. The van der Waals surface area contributed by atoms with Crippen LogP contribution in [0.15, 0.2) is 28.9 Å². The van der Waals surface area contributed by atoms with Crippen molar-refractivity contribution in [3.8, 4) is 11.3 Å². The molecule has 0 bridgehead atoms. The molecule has 7 heteroatoms. The fraction of sp³-hybridized carbons (Fsp3) is 0.357. The Morgan fingerprint density at radius 1 is 1.38 bits per heavy atom. The minimum atomic E-state index is -1.07. The lowest BCUT2D eigenvalue weighted by Gasteiger charge is -2.16. The monoisotopic (exact) mass is 291 g/mol. The Morgan fingerprint density at radius 3 is 2.62 bits per heavy atom. The molecule has 0 aliphatic carbocycles. The van der Waals surface area contributed by atoms with E-state index in [4.69, 9.17) is 9.52 Å². The van der Waals surface area contributed by atoms with Crippen molar-refractivity contribution in [2.75, 3.05) is 0 Å². The number of carboxylic acids is 1. The molecule has 0 aliphatic rings. The lowest BCUT2D eigenvalue weighted by molar-refractivity contribution is -0.140. The summed E-state index contributed by atoms with van der Waals surface area (Å²) in [7, 11) is 1.78. The van der Waals surface area contributed by atoms with Gasteiger partial charge in [0.05, 0.1) is 11.8 Å². The lowest BCUT2D eigenvalue weighted by atomic mass is 10.0. The van der Waals surface area contributed by atoms with Gasteiger partial charge >= 0.3 is 5.97 Å². The molecule has 0 unspecified atom stereocenters. The first-order chi connectivity index (χ1) is 9.88. The van der Waals surface area contributed by atoms with E-state index in [0.717, 1.165) is 5.56 Å². The Labute approximate surface area is 121 Å². The Kier molecular flexibility index (Phi) is 4.11. The van der Waals surface area contributed by atoms with Gasteiger partial charge in [0, 0.05) is 13.2 Å². The molecule has 2 heterocycles. The maximum absolute atomic E-state index is 12.0. The summed E-state index contributed by atoms with van der Waals surface area (Å²) in [4.78, 5) is 23.1. The molecule has 7 nitrogen and oxygen atoms in total. The highest BCUT2D eigenvalue weighted by molar-refractivity contribution is 5.94. The van der Waals surface area contributed by atoms with Gasteiger partial charge in [-0.05, 0) is 18.1 Å². The van der Waals surface area contributed by atoms with Crippen LogP contribution in [0.4, 0.5) is 0 Å². The van der Waals surface area contributed by atoms with Gasteiger partial charge in [-0.15, -0.1) is 0 Å². The van der Waals surface area contributed by atoms with E-state index in [9.17, 15) is 9.59 Å². The molecule has 2 N–H and O–H groups in total. The van der Waals surface area contributed by atoms with Crippen molar-refractivity contribution in [2.24, 2.45) is 13.0 Å². The average molecular weight is 291 g/mol. The number of furan rings is 1. The van der Waals surface area contributed by atoms with E-state index in [0.29, 0.717) is 5.76 Å². The van der Waals surface area contributed by atoms with Crippen molar-refractivity contribution in [1.29, 1.82) is 0 Å². The van der Waals surface area contributed by atoms with Crippen LogP contribution in [-0.2, 0) is 11.8 Å². The van der Waals surface area contributed by atoms with Crippen molar-refractivity contribution in [1.82, 2.24) is 15.1 Å². The van der Waals surface area contributed by atoms with Gasteiger partial charge in [-0.1, -0.05) is 13.8 Å². The van der Waals surface area contributed by atoms with Crippen LogP contribution in [-0.4, -0.2) is 32.8 Å². The van der Waals surface area contributed by atoms with Gasteiger partial charge in [-0.2, -0.15) is 5.10 Å². The quantitative estimate of drug-likeness (QED) is 0.870. The Morgan fingerprint density at radius 2 is 2.10 bits per heavy atom. The highest BCUT2D eigenvalue weighted by atomic mass is 16.4. The summed E-state index contributed by atoms with van der Waals surface area (Å²) in [6, 6.07) is 2.21. The number of hydrogen-bond donors (Lipinski definition) is 2. The fourth-order valence-corrected chi connectivity index (χ4v) is 1.89. The summed E-state index contributed by atoms with van der Waals surface area (Å²) >= 11 is 0. The highest BCUT2D eigenvalue weighted by Gasteiger charge is 2.25. The van der Waals surface area contributed by atoms with Crippen LogP contribution >= 0.6 is 0 Å². The number of nitrogens with zero attached hydrogens (tertiary/aromatic N) is 2. The zero-order chi connectivity index (χ0) is 15.6. The van der Waals surface area contributed by atoms with Crippen molar-refractivity contribution in [3.63, 3.8) is 0 Å². The highest BCUT2D eigenvalue weighted by Crippen LogP contribution is 2.21. The normalized spacial score (nSPS) is 12.4. The van der Waals surface area contributed by atoms with Crippen LogP contribution < -0.4 is 5.32 Å². The molecule has 2 rings (SSSR count). The van der Waals surface area contributed by atoms with Gasteiger partial charge in [0.15, 0.2) is 5.76 Å². The third kappa shape index (κ3) is 3.31. The molecular weight excluding hydrogens is 274 g/mol. The van der Waals surface area contributed by atoms with Crippen molar-refractivity contribution < 1.29 is 19.1 Å². The molecule has 112 valence electrons. The number of nitrogens with one attached hydrogen (secondary N) is 1. The number of aryl methyl sites for hydroxylation is 1. The van der Waals surface area contributed by atoms with Crippen LogP contribution in [0.2, 0.25) is 0 Å². The average Bonchev–Trinajstić information content (AvgIpc) is 3.03.